The molecule has 1 saturated heterocycles. The third-order valence-corrected chi connectivity index (χ3v) is 22.2. The second kappa shape index (κ2) is 5.31. The zero-order chi connectivity index (χ0) is 13.6. The van der Waals surface area contributed by atoms with E-state index in [1.807, 2.05) is 18.3 Å². The summed E-state index contributed by atoms with van der Waals surface area (Å²) in [5.41, 5.74) is 3.87. The van der Waals surface area contributed by atoms with Gasteiger partial charge in [0, 0.05) is 0 Å². The Labute approximate surface area is 121 Å². The predicted molar refractivity (Wildman–Crippen MR) is 88.4 cm³/mol. The van der Waals surface area contributed by atoms with Gasteiger partial charge in [-0.3, -0.25) is 0 Å². The molecule has 0 bridgehead atoms. The first-order valence-corrected chi connectivity index (χ1v) is 23.5. The van der Waals surface area contributed by atoms with Crippen molar-refractivity contribution in [3.63, 3.8) is 0 Å². The summed E-state index contributed by atoms with van der Waals surface area (Å²) in [4.78, 5) is 5.39. The van der Waals surface area contributed by atoms with Gasteiger partial charge in [0.05, 0.1) is 0 Å². The van der Waals surface area contributed by atoms with E-state index in [0.717, 1.165) is 0 Å². The molecule has 2 heterocycles. The van der Waals surface area contributed by atoms with Crippen molar-refractivity contribution < 1.29 is 0 Å². The Kier molecular flexibility index (Phi) is 4.49. The van der Waals surface area contributed by atoms with Crippen molar-refractivity contribution in [3.05, 3.63) is 18.3 Å². The summed E-state index contributed by atoms with van der Waals surface area (Å²) in [7, 11) is 0. The molecule has 0 N–H and O–H groups in total. The monoisotopic (exact) mass is 416 g/mol. The van der Waals surface area contributed by atoms with E-state index >= 15 is 0 Å². The average molecular weight is 414 g/mol. The molecule has 0 radical (unpaired) electrons. The second-order valence-corrected chi connectivity index (χ2v) is 30.8. The van der Waals surface area contributed by atoms with Crippen molar-refractivity contribution in [2.24, 2.45) is 0 Å². The van der Waals surface area contributed by atoms with E-state index in [9.17, 15) is 0 Å². The molecule has 0 aromatic rings. The molecule has 0 saturated carbocycles. The number of hydrogen-bond donors (Lipinski definition) is 0. The van der Waals surface area contributed by atoms with Crippen LogP contribution >= 0.6 is 0 Å². The Balaban J connectivity index is 2.47. The fourth-order valence-electron chi connectivity index (χ4n) is 4.17. The summed E-state index contributed by atoms with van der Waals surface area (Å²) in [6, 6.07) is 0. The van der Waals surface area contributed by atoms with Gasteiger partial charge in [-0.2, -0.15) is 0 Å². The summed E-state index contributed by atoms with van der Waals surface area (Å²) in [5, 5.41) is 3.11. The van der Waals surface area contributed by atoms with Crippen LogP contribution in [0.5, 0.6) is 0 Å². The van der Waals surface area contributed by atoms with Gasteiger partial charge >= 0.3 is 121 Å². The van der Waals surface area contributed by atoms with E-state index in [4.69, 9.17) is 0 Å². The van der Waals surface area contributed by atoms with Gasteiger partial charge in [0.1, 0.15) is 0 Å². The Morgan fingerprint density at radius 1 is 0.889 bits per heavy atom. The molecular weight excluding hydrogens is 383 g/mol. The van der Waals surface area contributed by atoms with Crippen molar-refractivity contribution in [1.29, 1.82) is 0 Å². The molecule has 18 heavy (non-hydrogen) atoms. The summed E-state index contributed by atoms with van der Waals surface area (Å²) < 4.78 is 4.06. The van der Waals surface area contributed by atoms with Crippen LogP contribution in [0.4, 0.5) is 0 Å². The van der Waals surface area contributed by atoms with Crippen LogP contribution in [0.2, 0.25) is 31.9 Å². The Morgan fingerprint density at radius 2 is 1.28 bits per heavy atom. The molecule has 0 aliphatic carbocycles. The fraction of sp³-hybridized carbons (Fsp3) is 0.750. The zero-order valence-electron chi connectivity index (χ0n) is 13.2. The van der Waals surface area contributed by atoms with Gasteiger partial charge in [0.25, 0.3) is 0 Å². The number of allylic oxidation sites excluding steroid dienone is 4. The quantitative estimate of drug-likeness (QED) is 0.518. The minimum absolute atomic E-state index is 1.36. The van der Waals surface area contributed by atoms with Crippen LogP contribution in [0.25, 0.3) is 0 Å². The first-order chi connectivity index (χ1) is 8.33. The second-order valence-electron chi connectivity index (χ2n) is 7.56. The predicted octanol–water partition coefficient (Wildman–Crippen LogP) is 5.70. The summed E-state index contributed by atoms with van der Waals surface area (Å²) >= 11 is -3.46. The zero-order valence-corrected chi connectivity index (χ0v) is 18.2. The molecule has 0 aromatic heterocycles. The summed E-state index contributed by atoms with van der Waals surface area (Å²) in [5.74, 6) is 5.29. The van der Waals surface area contributed by atoms with Gasteiger partial charge in [-0.1, -0.05) is 0 Å². The van der Waals surface area contributed by atoms with E-state index in [2.05, 4.69) is 35.2 Å². The number of hydrogen-bond acceptors (Lipinski definition) is 0. The maximum absolute atomic E-state index is 2.70. The molecule has 0 aromatic carbocycles. The van der Waals surface area contributed by atoms with Crippen molar-refractivity contribution in [3.8, 4) is 0 Å². The summed E-state index contributed by atoms with van der Waals surface area (Å²) in [6.45, 7) is 4.74. The van der Waals surface area contributed by atoms with Gasteiger partial charge in [0.2, 0.25) is 0 Å². The van der Waals surface area contributed by atoms with Crippen molar-refractivity contribution >= 4 is 31.6 Å². The molecule has 0 nitrogen and oxygen atoms in total. The minimum atomic E-state index is -2.03. The van der Waals surface area contributed by atoms with Crippen LogP contribution in [0.15, 0.2) is 18.3 Å². The normalized spacial score (nSPS) is 25.0. The Morgan fingerprint density at radius 3 is 1.61 bits per heavy atom. The molecule has 2 aliphatic heterocycles. The molecular formula is C16H30GeSn. The molecule has 0 amide bonds. The van der Waals surface area contributed by atoms with Crippen molar-refractivity contribution in [2.75, 3.05) is 0 Å². The first kappa shape index (κ1) is 15.2. The van der Waals surface area contributed by atoms with E-state index in [1.54, 1.807) is 10.5 Å². The maximum atomic E-state index is 2.70. The van der Waals surface area contributed by atoms with E-state index in [1.165, 1.54) is 25.7 Å². The molecule has 2 aliphatic rings. The molecule has 2 heteroatoms. The first-order valence-electron chi connectivity index (χ1n) is 7.79. The third-order valence-electron chi connectivity index (χ3n) is 4.91. The molecule has 0 unspecified atom stereocenters. The van der Waals surface area contributed by atoms with E-state index in [0.29, 0.717) is 0 Å². The van der Waals surface area contributed by atoms with Crippen LogP contribution in [0, 0.1) is 0 Å². The van der Waals surface area contributed by atoms with Crippen LogP contribution in [-0.4, -0.2) is 31.6 Å². The van der Waals surface area contributed by atoms with Gasteiger partial charge in [-0.15, -0.1) is 0 Å². The Bertz CT molecular complexity index is 377. The van der Waals surface area contributed by atoms with Gasteiger partial charge in [0.15, 0.2) is 0 Å². The SMILES string of the molecule is CCC[C]1=C2[CH2][Ge]([CH3])([CH3])[CH2]C2=[C](CCC)[Sn]1([CH3])[CH3]. The summed E-state index contributed by atoms with van der Waals surface area (Å²) in [6.07, 6.45) is 5.57. The standard InChI is InChI=1S/C14H24Ge.2CH3.Sn/c1-5-7-9-13-11-15(3,4)12-14(13)10-8-6-2;;;/h5-8,11-12H2,1-4H3;2*1H3;. The van der Waals surface area contributed by atoms with Crippen LogP contribution in [-0.2, 0) is 0 Å². The Hall–Kier alpha value is 0.822. The number of rotatable bonds is 4. The van der Waals surface area contributed by atoms with Crippen molar-refractivity contribution in [2.45, 2.75) is 71.4 Å². The molecule has 1 fully saturated rings. The van der Waals surface area contributed by atoms with Crippen LogP contribution < -0.4 is 0 Å². The molecule has 2 rings (SSSR count). The van der Waals surface area contributed by atoms with Gasteiger partial charge in [-0.05, 0) is 0 Å². The molecule has 102 valence electrons. The molecule has 0 spiro atoms. The average Bonchev–Trinajstić information content (AvgIpc) is 2.64. The van der Waals surface area contributed by atoms with E-state index in [-0.39, 0.29) is 0 Å². The van der Waals surface area contributed by atoms with Crippen LogP contribution in [0.3, 0.4) is 0 Å². The van der Waals surface area contributed by atoms with Crippen molar-refractivity contribution in [1.82, 2.24) is 0 Å². The third kappa shape index (κ3) is 2.53. The topological polar surface area (TPSA) is 0 Å². The fourth-order valence-corrected chi connectivity index (χ4v) is 24.1. The van der Waals surface area contributed by atoms with Gasteiger partial charge < -0.3 is 0 Å². The molecule has 0 atom stereocenters. The van der Waals surface area contributed by atoms with Gasteiger partial charge in [-0.25, -0.2) is 0 Å². The van der Waals surface area contributed by atoms with E-state index < -0.39 is 31.6 Å². The van der Waals surface area contributed by atoms with Crippen LogP contribution in [0.1, 0.15) is 39.5 Å². The number of fused-ring (bicyclic) bond motifs is 1.